The van der Waals surface area contributed by atoms with Crippen LogP contribution in [0.2, 0.25) is 0 Å². The third-order valence-corrected chi connectivity index (χ3v) is 4.63. The highest BCUT2D eigenvalue weighted by Crippen LogP contribution is 2.29. The number of benzene rings is 1. The first-order chi connectivity index (χ1) is 12.7. The van der Waals surface area contributed by atoms with Gasteiger partial charge in [0, 0.05) is 31.4 Å². The molecule has 26 heavy (non-hydrogen) atoms. The molecule has 1 aromatic carbocycles. The van der Waals surface area contributed by atoms with Crippen molar-refractivity contribution in [2.45, 2.75) is 6.04 Å². The molecule has 0 spiro atoms. The largest absolute Gasteiger partial charge is 0.383 e. The second kappa shape index (κ2) is 6.97. The number of hydrogen-bond acceptors (Lipinski definition) is 5. The fourth-order valence-electron chi connectivity index (χ4n) is 3.19. The van der Waals surface area contributed by atoms with Gasteiger partial charge in [0.05, 0.1) is 23.5 Å². The Morgan fingerprint density at radius 3 is 2.73 bits per heavy atom. The van der Waals surface area contributed by atoms with Crippen LogP contribution in [0.1, 0.15) is 22.0 Å². The lowest BCUT2D eigenvalue weighted by molar-refractivity contribution is 0.102. The molecule has 1 amide bonds. The van der Waals surface area contributed by atoms with E-state index in [2.05, 4.69) is 32.8 Å². The van der Waals surface area contributed by atoms with Gasteiger partial charge in [-0.05, 0) is 17.7 Å². The number of nitrogens with two attached hydrogens (primary N) is 1. The summed E-state index contributed by atoms with van der Waals surface area (Å²) in [5.41, 5.74) is 7.96. The Morgan fingerprint density at radius 2 is 2.04 bits per heavy atom. The SMILES string of the molecule is Nc1ncccc1C(=O)Nc1cnn(C(c2ccccc2)C2CNC2)c1. The first kappa shape index (κ1) is 16.3. The highest BCUT2D eigenvalue weighted by molar-refractivity contribution is 6.07. The minimum atomic E-state index is -0.295. The van der Waals surface area contributed by atoms with Crippen molar-refractivity contribution in [1.82, 2.24) is 20.1 Å². The second-order valence-electron chi connectivity index (χ2n) is 6.37. The van der Waals surface area contributed by atoms with E-state index in [-0.39, 0.29) is 17.8 Å². The Bertz CT molecular complexity index is 903. The molecule has 7 nitrogen and oxygen atoms in total. The summed E-state index contributed by atoms with van der Waals surface area (Å²) in [7, 11) is 0. The average Bonchev–Trinajstić information content (AvgIpc) is 3.07. The molecule has 132 valence electrons. The van der Waals surface area contributed by atoms with Crippen LogP contribution in [0, 0.1) is 5.92 Å². The van der Waals surface area contributed by atoms with Gasteiger partial charge in [0.1, 0.15) is 5.82 Å². The van der Waals surface area contributed by atoms with Crippen molar-refractivity contribution >= 4 is 17.4 Å². The van der Waals surface area contributed by atoms with E-state index in [1.54, 1.807) is 24.5 Å². The predicted molar refractivity (Wildman–Crippen MR) is 99.8 cm³/mol. The van der Waals surface area contributed by atoms with Gasteiger partial charge in [0.25, 0.3) is 5.91 Å². The summed E-state index contributed by atoms with van der Waals surface area (Å²) >= 11 is 0. The molecule has 4 rings (SSSR count). The van der Waals surface area contributed by atoms with Crippen molar-refractivity contribution in [3.63, 3.8) is 0 Å². The number of rotatable bonds is 5. The molecule has 4 N–H and O–H groups in total. The number of nitrogens with one attached hydrogen (secondary N) is 2. The van der Waals surface area contributed by atoms with Crippen molar-refractivity contribution in [1.29, 1.82) is 0 Å². The van der Waals surface area contributed by atoms with Crippen molar-refractivity contribution < 1.29 is 4.79 Å². The molecule has 0 radical (unpaired) electrons. The van der Waals surface area contributed by atoms with Crippen LogP contribution in [-0.4, -0.2) is 33.8 Å². The molecule has 1 fully saturated rings. The number of carbonyl (C=O) groups is 1. The van der Waals surface area contributed by atoms with Crippen LogP contribution in [0.25, 0.3) is 0 Å². The molecule has 2 aromatic heterocycles. The van der Waals surface area contributed by atoms with Gasteiger partial charge in [-0.3, -0.25) is 9.48 Å². The van der Waals surface area contributed by atoms with Gasteiger partial charge in [0.15, 0.2) is 0 Å². The van der Waals surface area contributed by atoms with E-state index in [0.717, 1.165) is 13.1 Å². The number of nitrogen functional groups attached to an aromatic ring is 1. The van der Waals surface area contributed by atoms with Crippen LogP contribution in [0.15, 0.2) is 61.1 Å². The molecule has 0 bridgehead atoms. The molecule has 3 aromatic rings. The highest BCUT2D eigenvalue weighted by Gasteiger charge is 2.30. The van der Waals surface area contributed by atoms with Crippen LogP contribution >= 0.6 is 0 Å². The van der Waals surface area contributed by atoms with Crippen LogP contribution < -0.4 is 16.4 Å². The highest BCUT2D eigenvalue weighted by atomic mass is 16.1. The summed E-state index contributed by atoms with van der Waals surface area (Å²) in [4.78, 5) is 16.4. The maximum Gasteiger partial charge on any atom is 0.259 e. The summed E-state index contributed by atoms with van der Waals surface area (Å²) in [5.74, 6) is 0.381. The van der Waals surface area contributed by atoms with Crippen molar-refractivity contribution in [3.05, 3.63) is 72.2 Å². The Balaban J connectivity index is 1.56. The smallest absolute Gasteiger partial charge is 0.259 e. The summed E-state index contributed by atoms with van der Waals surface area (Å²) in [6.07, 6.45) is 5.08. The number of nitrogens with zero attached hydrogens (tertiary/aromatic N) is 3. The predicted octanol–water partition coefficient (Wildman–Crippen LogP) is 1.92. The molecule has 1 aliphatic heterocycles. The lowest BCUT2D eigenvalue weighted by atomic mass is 9.88. The summed E-state index contributed by atoms with van der Waals surface area (Å²) in [5, 5.41) is 10.7. The number of amides is 1. The standard InChI is InChI=1S/C19H20N6O/c20-18-16(7-4-8-22-18)19(26)24-15-11-23-25(12-15)17(14-9-21-10-14)13-5-2-1-3-6-13/h1-8,11-12,14,17,21H,9-10H2,(H2,20,22)(H,24,26). The van der Waals surface area contributed by atoms with E-state index < -0.39 is 0 Å². The molecule has 1 atom stereocenters. The van der Waals surface area contributed by atoms with Gasteiger partial charge < -0.3 is 16.4 Å². The van der Waals surface area contributed by atoms with Crippen LogP contribution in [-0.2, 0) is 0 Å². The molecular formula is C19H20N6O. The molecule has 0 aliphatic carbocycles. The van der Waals surface area contributed by atoms with Gasteiger partial charge in [-0.1, -0.05) is 30.3 Å². The fraction of sp³-hybridized carbons (Fsp3) is 0.211. The molecule has 1 aliphatic rings. The van der Waals surface area contributed by atoms with Gasteiger partial charge >= 0.3 is 0 Å². The fourth-order valence-corrected chi connectivity index (χ4v) is 3.19. The number of pyridine rings is 1. The maximum absolute atomic E-state index is 12.4. The minimum Gasteiger partial charge on any atom is -0.383 e. The molecule has 7 heteroatoms. The quantitative estimate of drug-likeness (QED) is 0.654. The van der Waals surface area contributed by atoms with E-state index in [1.807, 2.05) is 29.1 Å². The Labute approximate surface area is 151 Å². The zero-order valence-corrected chi connectivity index (χ0v) is 14.2. The Kier molecular flexibility index (Phi) is 4.37. The van der Waals surface area contributed by atoms with Gasteiger partial charge in [-0.2, -0.15) is 5.10 Å². The molecular weight excluding hydrogens is 328 g/mol. The number of aromatic nitrogens is 3. The van der Waals surface area contributed by atoms with Crippen molar-refractivity contribution in [2.24, 2.45) is 5.92 Å². The van der Waals surface area contributed by atoms with E-state index in [9.17, 15) is 4.79 Å². The third-order valence-electron chi connectivity index (χ3n) is 4.63. The zero-order chi connectivity index (χ0) is 17.9. The van der Waals surface area contributed by atoms with E-state index in [1.165, 1.54) is 5.56 Å². The lowest BCUT2D eigenvalue weighted by Gasteiger charge is -2.35. The summed E-state index contributed by atoms with van der Waals surface area (Å²) in [6, 6.07) is 13.8. The zero-order valence-electron chi connectivity index (χ0n) is 14.2. The van der Waals surface area contributed by atoms with Crippen LogP contribution in [0.3, 0.4) is 0 Å². The number of hydrogen-bond donors (Lipinski definition) is 3. The van der Waals surface area contributed by atoms with Crippen molar-refractivity contribution in [2.75, 3.05) is 24.1 Å². The minimum absolute atomic E-state index is 0.131. The Morgan fingerprint density at radius 1 is 1.23 bits per heavy atom. The first-order valence-corrected chi connectivity index (χ1v) is 8.54. The average molecular weight is 348 g/mol. The lowest BCUT2D eigenvalue weighted by Crippen LogP contribution is -2.47. The van der Waals surface area contributed by atoms with Crippen molar-refractivity contribution in [3.8, 4) is 0 Å². The maximum atomic E-state index is 12.4. The van der Waals surface area contributed by atoms with Crippen LogP contribution in [0.4, 0.5) is 11.5 Å². The summed E-state index contributed by atoms with van der Waals surface area (Å²) < 4.78 is 1.92. The topological polar surface area (TPSA) is 97.9 Å². The monoisotopic (exact) mass is 348 g/mol. The first-order valence-electron chi connectivity index (χ1n) is 8.54. The second-order valence-corrected chi connectivity index (χ2v) is 6.37. The van der Waals surface area contributed by atoms with E-state index in [4.69, 9.17) is 5.73 Å². The van der Waals surface area contributed by atoms with Gasteiger partial charge in [-0.15, -0.1) is 0 Å². The third kappa shape index (κ3) is 3.16. The molecule has 0 saturated carbocycles. The van der Waals surface area contributed by atoms with E-state index >= 15 is 0 Å². The molecule has 1 saturated heterocycles. The van der Waals surface area contributed by atoms with Crippen LogP contribution in [0.5, 0.6) is 0 Å². The normalized spacial score (nSPS) is 15.2. The van der Waals surface area contributed by atoms with E-state index in [0.29, 0.717) is 17.2 Å². The Hall–Kier alpha value is -3.19. The number of anilines is 2. The van der Waals surface area contributed by atoms with Gasteiger partial charge in [0.2, 0.25) is 0 Å². The molecule has 1 unspecified atom stereocenters. The van der Waals surface area contributed by atoms with Gasteiger partial charge in [-0.25, -0.2) is 4.98 Å². The molecule has 3 heterocycles. The summed E-state index contributed by atoms with van der Waals surface area (Å²) in [6.45, 7) is 1.90. The number of carbonyl (C=O) groups excluding carboxylic acids is 1.